The third-order valence-electron chi connectivity index (χ3n) is 3.35. The van der Waals surface area contributed by atoms with Crippen LogP contribution >= 0.6 is 15.9 Å². The van der Waals surface area contributed by atoms with Gasteiger partial charge < -0.3 is 15.2 Å². The third kappa shape index (κ3) is 1.91. The van der Waals surface area contributed by atoms with Crippen LogP contribution in [-0.2, 0) is 5.41 Å². The van der Waals surface area contributed by atoms with Crippen LogP contribution < -0.4 is 15.2 Å². The third-order valence-corrected chi connectivity index (χ3v) is 3.93. The van der Waals surface area contributed by atoms with E-state index in [-0.39, 0.29) is 11.2 Å². The summed E-state index contributed by atoms with van der Waals surface area (Å²) in [6.45, 7) is 0.532. The summed E-state index contributed by atoms with van der Waals surface area (Å²) in [6, 6.07) is 1.75. The van der Waals surface area contributed by atoms with Crippen LogP contribution in [0.5, 0.6) is 11.5 Å². The lowest BCUT2D eigenvalue weighted by Gasteiger charge is -2.20. The van der Waals surface area contributed by atoms with Crippen molar-refractivity contribution in [3.8, 4) is 11.5 Å². The van der Waals surface area contributed by atoms with Gasteiger partial charge in [-0.05, 0) is 34.8 Å². The van der Waals surface area contributed by atoms with E-state index in [0.29, 0.717) is 16.8 Å². The van der Waals surface area contributed by atoms with E-state index in [1.54, 1.807) is 6.07 Å². The van der Waals surface area contributed by atoms with Crippen LogP contribution in [0.2, 0.25) is 0 Å². The van der Waals surface area contributed by atoms with E-state index in [1.165, 1.54) is 14.2 Å². The first-order valence-corrected chi connectivity index (χ1v) is 6.19. The second kappa shape index (κ2) is 4.46. The van der Waals surface area contributed by atoms with E-state index in [4.69, 9.17) is 15.2 Å². The summed E-state index contributed by atoms with van der Waals surface area (Å²) in [5.74, 6) is 0.147. The Morgan fingerprint density at radius 3 is 2.35 bits per heavy atom. The van der Waals surface area contributed by atoms with E-state index in [9.17, 15) is 4.39 Å². The smallest absolute Gasteiger partial charge is 0.198 e. The fraction of sp³-hybridized carbons (Fsp3) is 0.500. The highest BCUT2D eigenvalue weighted by atomic mass is 79.9. The molecule has 1 aromatic carbocycles. The molecule has 0 atom stereocenters. The zero-order valence-electron chi connectivity index (χ0n) is 9.85. The number of benzene rings is 1. The average molecular weight is 304 g/mol. The summed E-state index contributed by atoms with van der Waals surface area (Å²) < 4.78 is 24.6. The van der Waals surface area contributed by atoms with Crippen molar-refractivity contribution in [2.24, 2.45) is 5.73 Å². The first-order chi connectivity index (χ1) is 8.09. The molecule has 0 aliphatic heterocycles. The molecule has 0 bridgehead atoms. The molecule has 0 unspecified atom stereocenters. The van der Waals surface area contributed by atoms with Crippen molar-refractivity contribution in [3.05, 3.63) is 21.9 Å². The number of nitrogens with two attached hydrogens (primary N) is 1. The maximum absolute atomic E-state index is 13.9. The topological polar surface area (TPSA) is 44.5 Å². The van der Waals surface area contributed by atoms with Gasteiger partial charge in [-0.15, -0.1) is 0 Å². The van der Waals surface area contributed by atoms with E-state index in [1.807, 2.05) is 0 Å². The van der Waals surface area contributed by atoms with Gasteiger partial charge in [0.1, 0.15) is 0 Å². The molecule has 3 nitrogen and oxygen atoms in total. The Labute approximate surface area is 108 Å². The Morgan fingerprint density at radius 2 is 1.94 bits per heavy atom. The number of rotatable bonds is 4. The molecule has 0 saturated heterocycles. The maximum atomic E-state index is 13.9. The summed E-state index contributed by atoms with van der Waals surface area (Å²) in [6.07, 6.45) is 2.00. The molecule has 1 aromatic rings. The predicted octanol–water partition coefficient (Wildman–Crippen LogP) is 2.60. The van der Waals surface area contributed by atoms with Crippen LogP contribution in [0, 0.1) is 5.82 Å². The van der Waals surface area contributed by atoms with Crippen LogP contribution in [0.15, 0.2) is 10.5 Å². The minimum absolute atomic E-state index is 0.0746. The van der Waals surface area contributed by atoms with Crippen LogP contribution in [-0.4, -0.2) is 20.8 Å². The lowest BCUT2D eigenvalue weighted by atomic mass is 9.94. The fourth-order valence-corrected chi connectivity index (χ4v) is 2.51. The van der Waals surface area contributed by atoms with Gasteiger partial charge >= 0.3 is 0 Å². The number of methoxy groups -OCH3 is 2. The first-order valence-electron chi connectivity index (χ1n) is 5.40. The highest BCUT2D eigenvalue weighted by molar-refractivity contribution is 9.10. The van der Waals surface area contributed by atoms with Crippen molar-refractivity contribution >= 4 is 15.9 Å². The van der Waals surface area contributed by atoms with Gasteiger partial charge in [0.25, 0.3) is 0 Å². The number of hydrogen-bond acceptors (Lipinski definition) is 3. The largest absolute Gasteiger partial charge is 0.492 e. The summed E-state index contributed by atoms with van der Waals surface area (Å²) in [7, 11) is 2.94. The van der Waals surface area contributed by atoms with Crippen molar-refractivity contribution in [1.29, 1.82) is 0 Å². The molecule has 1 aliphatic carbocycles. The van der Waals surface area contributed by atoms with Crippen LogP contribution in [0.25, 0.3) is 0 Å². The normalized spacial score (nSPS) is 16.8. The minimum Gasteiger partial charge on any atom is -0.492 e. The molecule has 0 aromatic heterocycles. The van der Waals surface area contributed by atoms with Gasteiger partial charge in [0.15, 0.2) is 17.3 Å². The second-order valence-electron chi connectivity index (χ2n) is 4.27. The highest BCUT2D eigenvalue weighted by Gasteiger charge is 2.46. The Morgan fingerprint density at radius 1 is 1.35 bits per heavy atom. The lowest BCUT2D eigenvalue weighted by molar-refractivity contribution is 0.331. The molecule has 0 amide bonds. The summed E-state index contributed by atoms with van der Waals surface area (Å²) in [5, 5.41) is 0. The first kappa shape index (κ1) is 12.6. The average Bonchev–Trinajstić information content (AvgIpc) is 3.12. The minimum atomic E-state index is -0.444. The Kier molecular flexibility index (Phi) is 3.32. The second-order valence-corrected chi connectivity index (χ2v) is 5.13. The molecule has 1 saturated carbocycles. The van der Waals surface area contributed by atoms with Crippen molar-refractivity contribution in [3.63, 3.8) is 0 Å². The number of halogens is 2. The highest BCUT2D eigenvalue weighted by Crippen LogP contribution is 2.54. The monoisotopic (exact) mass is 303 g/mol. The van der Waals surface area contributed by atoms with E-state index >= 15 is 0 Å². The molecule has 1 aliphatic rings. The van der Waals surface area contributed by atoms with Crippen molar-refractivity contribution in [2.75, 3.05) is 20.8 Å². The zero-order chi connectivity index (χ0) is 12.6. The van der Waals surface area contributed by atoms with Crippen LogP contribution in [0.3, 0.4) is 0 Å². The molecule has 1 fully saturated rings. The lowest BCUT2D eigenvalue weighted by Crippen LogP contribution is -2.21. The Balaban J connectivity index is 2.63. The molecule has 2 N–H and O–H groups in total. The summed E-state index contributed by atoms with van der Waals surface area (Å²) >= 11 is 3.20. The van der Waals surface area contributed by atoms with Gasteiger partial charge in [-0.25, -0.2) is 4.39 Å². The SMILES string of the molecule is COc1c(C2(CN)CC2)cc(Br)c(F)c1OC. The van der Waals surface area contributed by atoms with E-state index in [0.717, 1.165) is 18.4 Å². The van der Waals surface area contributed by atoms with Crippen molar-refractivity contribution in [2.45, 2.75) is 18.3 Å². The molecule has 0 radical (unpaired) electrons. The molecule has 94 valence electrons. The van der Waals surface area contributed by atoms with Gasteiger partial charge in [0.2, 0.25) is 0 Å². The number of ether oxygens (including phenoxy) is 2. The van der Waals surface area contributed by atoms with Crippen LogP contribution in [0.1, 0.15) is 18.4 Å². The maximum Gasteiger partial charge on any atom is 0.198 e. The quantitative estimate of drug-likeness (QED) is 0.930. The van der Waals surface area contributed by atoms with Gasteiger partial charge in [-0.3, -0.25) is 0 Å². The Hall–Kier alpha value is -0.810. The molecule has 2 rings (SSSR count). The number of hydrogen-bond donors (Lipinski definition) is 1. The van der Waals surface area contributed by atoms with Crippen molar-refractivity contribution < 1.29 is 13.9 Å². The zero-order valence-corrected chi connectivity index (χ0v) is 11.4. The predicted molar refractivity (Wildman–Crippen MR) is 67.2 cm³/mol. The van der Waals surface area contributed by atoms with Gasteiger partial charge in [0.05, 0.1) is 18.7 Å². The van der Waals surface area contributed by atoms with Gasteiger partial charge in [0, 0.05) is 17.5 Å². The van der Waals surface area contributed by atoms with Gasteiger partial charge in [-0.2, -0.15) is 0 Å². The summed E-state index contributed by atoms with van der Waals surface area (Å²) in [5.41, 5.74) is 6.65. The fourth-order valence-electron chi connectivity index (χ4n) is 2.10. The molecular formula is C12H15BrFNO2. The van der Waals surface area contributed by atoms with Crippen LogP contribution in [0.4, 0.5) is 4.39 Å². The standard InChI is InChI=1S/C12H15BrFNO2/c1-16-10-7(12(6-15)3-4-12)5-8(13)9(14)11(10)17-2/h5H,3-4,6,15H2,1-2H3. The molecular weight excluding hydrogens is 289 g/mol. The van der Waals surface area contributed by atoms with Gasteiger partial charge in [-0.1, -0.05) is 0 Å². The molecule has 0 spiro atoms. The Bertz CT molecular complexity index is 447. The summed E-state index contributed by atoms with van der Waals surface area (Å²) in [4.78, 5) is 0. The molecule has 5 heteroatoms. The van der Waals surface area contributed by atoms with E-state index < -0.39 is 5.82 Å². The molecule has 17 heavy (non-hydrogen) atoms. The van der Waals surface area contributed by atoms with Crippen molar-refractivity contribution in [1.82, 2.24) is 0 Å². The van der Waals surface area contributed by atoms with E-state index in [2.05, 4.69) is 15.9 Å². The molecule has 0 heterocycles.